The third-order valence-electron chi connectivity index (χ3n) is 3.56. The number of carbonyl (C=O) groups excluding carboxylic acids is 1. The average Bonchev–Trinajstić information content (AvgIpc) is 2.90. The van der Waals surface area contributed by atoms with Gasteiger partial charge < -0.3 is 14.8 Å². The lowest BCUT2D eigenvalue weighted by atomic mass is 9.97. The van der Waals surface area contributed by atoms with Gasteiger partial charge in [0.25, 0.3) is 0 Å². The number of imidazole rings is 1. The van der Waals surface area contributed by atoms with Gasteiger partial charge in [-0.3, -0.25) is 4.79 Å². The molecule has 1 fully saturated rings. The van der Waals surface area contributed by atoms with Crippen LogP contribution in [0.5, 0.6) is 0 Å². The molecule has 0 bridgehead atoms. The molecule has 0 aromatic carbocycles. The third-order valence-corrected chi connectivity index (χ3v) is 3.56. The molecule has 0 unspecified atom stereocenters. The van der Waals surface area contributed by atoms with Gasteiger partial charge in [-0.05, 0) is 31.8 Å². The summed E-state index contributed by atoms with van der Waals surface area (Å²) in [5, 5.41) is 3.35. The Hall–Kier alpha value is -1.36. The molecule has 0 saturated carbocycles. The van der Waals surface area contributed by atoms with Crippen LogP contribution in [0.2, 0.25) is 0 Å². The van der Waals surface area contributed by atoms with Gasteiger partial charge in [-0.2, -0.15) is 0 Å². The number of hydrogen-bond acceptors (Lipinski definition) is 3. The van der Waals surface area contributed by atoms with Crippen molar-refractivity contribution in [3.05, 3.63) is 18.7 Å². The first kappa shape index (κ1) is 13.1. The van der Waals surface area contributed by atoms with Crippen LogP contribution in [0.1, 0.15) is 19.3 Å². The SMILES string of the molecule is CN(CC1CCNCC1)C(=O)CCn1ccnc1. The summed E-state index contributed by atoms with van der Waals surface area (Å²) in [4.78, 5) is 17.8. The van der Waals surface area contributed by atoms with E-state index in [0.29, 0.717) is 12.3 Å². The Balaban J connectivity index is 1.70. The largest absolute Gasteiger partial charge is 0.345 e. The number of nitrogens with zero attached hydrogens (tertiary/aromatic N) is 3. The number of aromatic nitrogens is 2. The van der Waals surface area contributed by atoms with Gasteiger partial charge in [0.2, 0.25) is 5.91 Å². The summed E-state index contributed by atoms with van der Waals surface area (Å²) in [6.07, 6.45) is 8.29. The van der Waals surface area contributed by atoms with Gasteiger partial charge in [0, 0.05) is 39.0 Å². The molecule has 1 aliphatic rings. The van der Waals surface area contributed by atoms with E-state index < -0.39 is 0 Å². The molecule has 5 nitrogen and oxygen atoms in total. The highest BCUT2D eigenvalue weighted by atomic mass is 16.2. The first-order valence-electron chi connectivity index (χ1n) is 6.66. The molecule has 100 valence electrons. The highest BCUT2D eigenvalue weighted by molar-refractivity contribution is 5.75. The fourth-order valence-corrected chi connectivity index (χ4v) is 2.39. The van der Waals surface area contributed by atoms with E-state index >= 15 is 0 Å². The van der Waals surface area contributed by atoms with E-state index in [4.69, 9.17) is 0 Å². The Morgan fingerprint density at radius 3 is 2.94 bits per heavy atom. The van der Waals surface area contributed by atoms with Crippen LogP contribution in [0.4, 0.5) is 0 Å². The average molecular weight is 250 g/mol. The number of hydrogen-bond donors (Lipinski definition) is 1. The topological polar surface area (TPSA) is 50.2 Å². The minimum Gasteiger partial charge on any atom is -0.345 e. The Labute approximate surface area is 108 Å². The summed E-state index contributed by atoms with van der Waals surface area (Å²) in [5.74, 6) is 0.885. The van der Waals surface area contributed by atoms with Crippen LogP contribution in [-0.4, -0.2) is 47.0 Å². The normalized spacial score (nSPS) is 16.7. The number of piperidine rings is 1. The van der Waals surface area contributed by atoms with E-state index in [9.17, 15) is 4.79 Å². The molecule has 1 aromatic heterocycles. The summed E-state index contributed by atoms with van der Waals surface area (Å²) in [7, 11) is 1.91. The van der Waals surface area contributed by atoms with Gasteiger partial charge in [-0.25, -0.2) is 4.98 Å². The Bertz CT molecular complexity index is 357. The maximum absolute atomic E-state index is 12.0. The van der Waals surface area contributed by atoms with Gasteiger partial charge in [0.05, 0.1) is 6.33 Å². The summed E-state index contributed by atoms with van der Waals surface area (Å²) in [5.41, 5.74) is 0. The monoisotopic (exact) mass is 250 g/mol. The lowest BCUT2D eigenvalue weighted by Crippen LogP contribution is -2.37. The van der Waals surface area contributed by atoms with Crippen molar-refractivity contribution in [2.45, 2.75) is 25.8 Å². The number of aryl methyl sites for hydroxylation is 1. The molecule has 1 N–H and O–H groups in total. The molecule has 1 aromatic rings. The van der Waals surface area contributed by atoms with Gasteiger partial charge in [-0.15, -0.1) is 0 Å². The Morgan fingerprint density at radius 2 is 2.28 bits per heavy atom. The zero-order chi connectivity index (χ0) is 12.8. The molecule has 0 atom stereocenters. The maximum atomic E-state index is 12.0. The zero-order valence-electron chi connectivity index (χ0n) is 11.0. The van der Waals surface area contributed by atoms with E-state index in [2.05, 4.69) is 10.3 Å². The molecule has 1 aliphatic heterocycles. The first-order chi connectivity index (χ1) is 8.75. The number of nitrogens with one attached hydrogen (secondary N) is 1. The summed E-state index contributed by atoms with van der Waals surface area (Å²) < 4.78 is 1.94. The van der Waals surface area contributed by atoms with Crippen LogP contribution in [0.25, 0.3) is 0 Å². The highest BCUT2D eigenvalue weighted by Gasteiger charge is 2.17. The molecular formula is C13H22N4O. The van der Waals surface area contributed by atoms with Crippen LogP contribution in [-0.2, 0) is 11.3 Å². The molecule has 1 saturated heterocycles. The molecule has 2 rings (SSSR count). The van der Waals surface area contributed by atoms with Crippen LogP contribution < -0.4 is 5.32 Å². The molecule has 5 heteroatoms. The second kappa shape index (κ2) is 6.54. The van der Waals surface area contributed by atoms with Gasteiger partial charge >= 0.3 is 0 Å². The molecule has 2 heterocycles. The second-order valence-electron chi connectivity index (χ2n) is 5.02. The fourth-order valence-electron chi connectivity index (χ4n) is 2.39. The van der Waals surface area contributed by atoms with Gasteiger partial charge in [0.15, 0.2) is 0 Å². The van der Waals surface area contributed by atoms with E-state index in [-0.39, 0.29) is 5.91 Å². The molecular weight excluding hydrogens is 228 g/mol. The smallest absolute Gasteiger partial charge is 0.224 e. The minimum atomic E-state index is 0.224. The van der Waals surface area contributed by atoms with Crippen molar-refractivity contribution in [3.63, 3.8) is 0 Å². The summed E-state index contributed by atoms with van der Waals surface area (Å²) >= 11 is 0. The molecule has 0 spiro atoms. The minimum absolute atomic E-state index is 0.224. The zero-order valence-corrected chi connectivity index (χ0v) is 11.0. The summed E-state index contributed by atoms with van der Waals surface area (Å²) in [6.45, 7) is 3.78. The van der Waals surface area contributed by atoms with Crippen molar-refractivity contribution in [2.75, 3.05) is 26.7 Å². The van der Waals surface area contributed by atoms with Crippen molar-refractivity contribution < 1.29 is 4.79 Å². The van der Waals surface area contributed by atoms with Crippen LogP contribution in [0.15, 0.2) is 18.7 Å². The lowest BCUT2D eigenvalue weighted by Gasteiger charge is -2.27. The van der Waals surface area contributed by atoms with Crippen molar-refractivity contribution in [3.8, 4) is 0 Å². The van der Waals surface area contributed by atoms with E-state index in [1.807, 2.05) is 22.7 Å². The number of carbonyl (C=O) groups is 1. The molecule has 1 amide bonds. The fraction of sp³-hybridized carbons (Fsp3) is 0.692. The lowest BCUT2D eigenvalue weighted by molar-refractivity contribution is -0.130. The molecule has 0 radical (unpaired) electrons. The van der Waals surface area contributed by atoms with Crippen molar-refractivity contribution in [2.24, 2.45) is 5.92 Å². The third kappa shape index (κ3) is 3.84. The van der Waals surface area contributed by atoms with Crippen molar-refractivity contribution in [1.29, 1.82) is 0 Å². The van der Waals surface area contributed by atoms with Crippen LogP contribution in [0, 0.1) is 5.92 Å². The van der Waals surface area contributed by atoms with Crippen LogP contribution >= 0.6 is 0 Å². The number of amides is 1. The standard InChI is InChI=1S/C13H22N4O/c1-16(10-12-2-5-14-6-3-12)13(18)4-8-17-9-7-15-11-17/h7,9,11-12,14H,2-6,8,10H2,1H3. The molecule has 18 heavy (non-hydrogen) atoms. The highest BCUT2D eigenvalue weighted by Crippen LogP contribution is 2.13. The van der Waals surface area contributed by atoms with E-state index in [1.165, 1.54) is 12.8 Å². The number of rotatable bonds is 5. The van der Waals surface area contributed by atoms with Crippen molar-refractivity contribution >= 4 is 5.91 Å². The maximum Gasteiger partial charge on any atom is 0.224 e. The van der Waals surface area contributed by atoms with Crippen molar-refractivity contribution in [1.82, 2.24) is 19.8 Å². The second-order valence-corrected chi connectivity index (χ2v) is 5.02. The van der Waals surface area contributed by atoms with E-state index in [0.717, 1.165) is 26.2 Å². The quantitative estimate of drug-likeness (QED) is 0.838. The predicted octanol–water partition coefficient (Wildman–Crippen LogP) is 0.731. The predicted molar refractivity (Wildman–Crippen MR) is 70.1 cm³/mol. The Kier molecular flexibility index (Phi) is 4.75. The van der Waals surface area contributed by atoms with Crippen LogP contribution in [0.3, 0.4) is 0 Å². The molecule has 0 aliphatic carbocycles. The first-order valence-corrected chi connectivity index (χ1v) is 6.66. The summed E-state index contributed by atoms with van der Waals surface area (Å²) in [6, 6.07) is 0. The van der Waals surface area contributed by atoms with Gasteiger partial charge in [0.1, 0.15) is 0 Å². The van der Waals surface area contributed by atoms with Gasteiger partial charge in [-0.1, -0.05) is 0 Å². The van der Waals surface area contributed by atoms with E-state index in [1.54, 1.807) is 12.5 Å². The Morgan fingerprint density at radius 1 is 1.50 bits per heavy atom.